The van der Waals surface area contributed by atoms with Gasteiger partial charge >= 0.3 is 0 Å². The van der Waals surface area contributed by atoms with Crippen molar-refractivity contribution in [1.29, 1.82) is 0 Å². The SMILES string of the molecule is CN(C)Cc1ccc(N2CCN(C(=O)C(c3cc(Cl)cc(Cl)c3)N3CCOCC3)CC2)nc1. The summed E-state index contributed by atoms with van der Waals surface area (Å²) in [5.41, 5.74) is 2.02. The lowest BCUT2D eigenvalue weighted by Gasteiger charge is -2.40. The molecule has 2 aliphatic rings. The zero-order valence-corrected chi connectivity index (χ0v) is 20.7. The number of ether oxygens (including phenoxy) is 1. The predicted molar refractivity (Wildman–Crippen MR) is 132 cm³/mol. The molecule has 9 heteroatoms. The lowest BCUT2D eigenvalue weighted by atomic mass is 10.0. The van der Waals surface area contributed by atoms with Crippen LogP contribution in [0.1, 0.15) is 17.2 Å². The van der Waals surface area contributed by atoms with Gasteiger partial charge < -0.3 is 19.4 Å². The highest BCUT2D eigenvalue weighted by Crippen LogP contribution is 2.30. The first-order chi connectivity index (χ1) is 15.9. The number of rotatable bonds is 6. The van der Waals surface area contributed by atoms with Crippen LogP contribution in [0, 0.1) is 0 Å². The van der Waals surface area contributed by atoms with Crippen LogP contribution in [0.3, 0.4) is 0 Å². The maximum Gasteiger partial charge on any atom is 0.244 e. The van der Waals surface area contributed by atoms with Gasteiger partial charge in [-0.1, -0.05) is 29.3 Å². The Hall–Kier alpha value is -1.90. The van der Waals surface area contributed by atoms with Crippen LogP contribution in [-0.4, -0.2) is 92.2 Å². The summed E-state index contributed by atoms with van der Waals surface area (Å²) in [5.74, 6) is 1.04. The van der Waals surface area contributed by atoms with Crippen molar-refractivity contribution < 1.29 is 9.53 Å². The third-order valence-corrected chi connectivity index (χ3v) is 6.51. The van der Waals surface area contributed by atoms with Gasteiger partial charge in [0.1, 0.15) is 11.9 Å². The van der Waals surface area contributed by atoms with E-state index in [4.69, 9.17) is 27.9 Å². The molecule has 3 heterocycles. The minimum atomic E-state index is -0.417. The number of benzene rings is 1. The molecule has 4 rings (SSSR count). The topological polar surface area (TPSA) is 52.2 Å². The average molecular weight is 492 g/mol. The van der Waals surface area contributed by atoms with Crippen LogP contribution >= 0.6 is 23.2 Å². The van der Waals surface area contributed by atoms with Gasteiger partial charge in [-0.15, -0.1) is 0 Å². The van der Waals surface area contributed by atoms with Crippen LogP contribution in [0.15, 0.2) is 36.5 Å². The van der Waals surface area contributed by atoms with E-state index < -0.39 is 6.04 Å². The molecule has 2 fully saturated rings. The van der Waals surface area contributed by atoms with E-state index in [0.717, 1.165) is 31.0 Å². The standard InChI is InChI=1S/C24H31Cl2N5O2/c1-28(2)17-18-3-4-22(27-16-18)29-5-7-31(8-6-29)24(32)23(30-9-11-33-12-10-30)19-13-20(25)15-21(26)14-19/h3-4,13-16,23H,5-12,17H2,1-2H3. The maximum atomic E-state index is 13.7. The number of carbonyl (C=O) groups excluding carboxylic acids is 1. The van der Waals surface area contributed by atoms with Crippen LogP contribution in [0.2, 0.25) is 10.0 Å². The quantitative estimate of drug-likeness (QED) is 0.618. The largest absolute Gasteiger partial charge is 0.379 e. The second-order valence-corrected chi connectivity index (χ2v) is 9.70. The van der Waals surface area contributed by atoms with Gasteiger partial charge in [0.05, 0.1) is 13.2 Å². The van der Waals surface area contributed by atoms with Gasteiger partial charge in [0, 0.05) is 62.1 Å². The van der Waals surface area contributed by atoms with Crippen molar-refractivity contribution in [3.63, 3.8) is 0 Å². The number of carbonyl (C=O) groups is 1. The summed E-state index contributed by atoms with van der Waals surface area (Å²) in [5, 5.41) is 1.08. The maximum absolute atomic E-state index is 13.7. The smallest absolute Gasteiger partial charge is 0.244 e. The van der Waals surface area contributed by atoms with Crippen LogP contribution in [0.4, 0.5) is 5.82 Å². The summed E-state index contributed by atoms with van der Waals surface area (Å²) in [6.07, 6.45) is 1.93. The van der Waals surface area contributed by atoms with Gasteiger partial charge in [-0.3, -0.25) is 9.69 Å². The molecule has 2 saturated heterocycles. The van der Waals surface area contributed by atoms with E-state index in [1.165, 1.54) is 5.56 Å². The van der Waals surface area contributed by atoms with E-state index in [-0.39, 0.29) is 5.91 Å². The number of anilines is 1. The summed E-state index contributed by atoms with van der Waals surface area (Å²) in [7, 11) is 4.09. The monoisotopic (exact) mass is 491 g/mol. The zero-order chi connectivity index (χ0) is 23.4. The fourth-order valence-electron chi connectivity index (χ4n) is 4.47. The van der Waals surface area contributed by atoms with E-state index in [0.29, 0.717) is 49.4 Å². The third kappa shape index (κ3) is 6.16. The molecule has 0 radical (unpaired) electrons. The number of piperazine rings is 1. The van der Waals surface area contributed by atoms with Crippen molar-refractivity contribution in [3.8, 4) is 0 Å². The van der Waals surface area contributed by atoms with E-state index in [1.54, 1.807) is 6.07 Å². The molecular weight excluding hydrogens is 461 g/mol. The van der Waals surface area contributed by atoms with E-state index in [9.17, 15) is 4.79 Å². The molecule has 2 aliphatic heterocycles. The first-order valence-corrected chi connectivity index (χ1v) is 12.1. The lowest BCUT2D eigenvalue weighted by Crippen LogP contribution is -2.53. The molecule has 0 aliphatic carbocycles. The van der Waals surface area contributed by atoms with E-state index in [1.807, 2.05) is 37.3 Å². The lowest BCUT2D eigenvalue weighted by molar-refractivity contribution is -0.139. The van der Waals surface area contributed by atoms with E-state index >= 15 is 0 Å². The highest BCUT2D eigenvalue weighted by Gasteiger charge is 2.34. The number of halogens is 2. The molecule has 1 aromatic carbocycles. The second kappa shape index (κ2) is 11.0. The Labute approximate surface area is 205 Å². The number of hydrogen-bond acceptors (Lipinski definition) is 6. The molecule has 33 heavy (non-hydrogen) atoms. The van der Waals surface area contributed by atoms with Crippen molar-refractivity contribution in [2.24, 2.45) is 0 Å². The number of nitrogens with zero attached hydrogens (tertiary/aromatic N) is 5. The molecule has 0 spiro atoms. The van der Waals surface area contributed by atoms with Gasteiger partial charge in [0.25, 0.3) is 0 Å². The molecule has 1 amide bonds. The Morgan fingerprint density at radius 3 is 2.27 bits per heavy atom. The third-order valence-electron chi connectivity index (χ3n) is 6.07. The molecular formula is C24H31Cl2N5O2. The molecule has 1 atom stereocenters. The molecule has 0 bridgehead atoms. The normalized spacial score (nSPS) is 18.6. The summed E-state index contributed by atoms with van der Waals surface area (Å²) >= 11 is 12.6. The summed E-state index contributed by atoms with van der Waals surface area (Å²) in [4.78, 5) is 26.9. The fraction of sp³-hybridized carbons (Fsp3) is 0.500. The van der Waals surface area contributed by atoms with Gasteiger partial charge in [0.15, 0.2) is 0 Å². The minimum Gasteiger partial charge on any atom is -0.379 e. The van der Waals surface area contributed by atoms with Crippen molar-refractivity contribution in [2.75, 3.05) is 71.5 Å². The van der Waals surface area contributed by atoms with Crippen LogP contribution < -0.4 is 4.90 Å². The first kappa shape index (κ1) is 24.2. The Kier molecular flexibility index (Phi) is 8.09. The number of pyridine rings is 1. The minimum absolute atomic E-state index is 0.0872. The Morgan fingerprint density at radius 1 is 1.03 bits per heavy atom. The van der Waals surface area contributed by atoms with Crippen LogP contribution in [0.25, 0.3) is 0 Å². The van der Waals surface area contributed by atoms with Crippen molar-refractivity contribution in [1.82, 2.24) is 19.7 Å². The number of amides is 1. The highest BCUT2D eigenvalue weighted by atomic mass is 35.5. The molecule has 1 unspecified atom stereocenters. The van der Waals surface area contributed by atoms with Gasteiger partial charge in [-0.25, -0.2) is 4.98 Å². The summed E-state index contributed by atoms with van der Waals surface area (Å²) in [6.45, 7) is 6.28. The van der Waals surface area contributed by atoms with Gasteiger partial charge in [-0.05, 0) is 49.5 Å². The van der Waals surface area contributed by atoms with Crippen LogP contribution in [-0.2, 0) is 16.1 Å². The molecule has 0 N–H and O–H groups in total. The number of morpholine rings is 1. The number of aromatic nitrogens is 1. The molecule has 2 aromatic rings. The van der Waals surface area contributed by atoms with E-state index in [2.05, 4.69) is 31.8 Å². The second-order valence-electron chi connectivity index (χ2n) is 8.83. The molecule has 178 valence electrons. The van der Waals surface area contributed by atoms with Crippen molar-refractivity contribution in [2.45, 2.75) is 12.6 Å². The fourth-order valence-corrected chi connectivity index (χ4v) is 5.01. The Balaban J connectivity index is 1.45. The van der Waals surface area contributed by atoms with Gasteiger partial charge in [-0.2, -0.15) is 0 Å². The Morgan fingerprint density at radius 2 is 1.70 bits per heavy atom. The first-order valence-electron chi connectivity index (χ1n) is 11.3. The zero-order valence-electron chi connectivity index (χ0n) is 19.2. The Bertz CT molecular complexity index is 922. The average Bonchev–Trinajstić information content (AvgIpc) is 2.79. The predicted octanol–water partition coefficient (Wildman–Crippen LogP) is 3.17. The molecule has 1 aromatic heterocycles. The molecule has 0 saturated carbocycles. The highest BCUT2D eigenvalue weighted by molar-refractivity contribution is 6.34. The number of hydrogen-bond donors (Lipinski definition) is 0. The van der Waals surface area contributed by atoms with Crippen LogP contribution in [0.5, 0.6) is 0 Å². The summed E-state index contributed by atoms with van der Waals surface area (Å²) in [6, 6.07) is 9.17. The summed E-state index contributed by atoms with van der Waals surface area (Å²) < 4.78 is 5.52. The van der Waals surface area contributed by atoms with Crippen molar-refractivity contribution >= 4 is 34.9 Å². The van der Waals surface area contributed by atoms with Crippen molar-refractivity contribution in [3.05, 3.63) is 57.7 Å². The molecule has 7 nitrogen and oxygen atoms in total. The van der Waals surface area contributed by atoms with Gasteiger partial charge in [0.2, 0.25) is 5.91 Å².